The molecule has 214 valence electrons. The summed E-state index contributed by atoms with van der Waals surface area (Å²) in [6, 6.07) is 26.8. The van der Waals surface area contributed by atoms with Crippen molar-refractivity contribution in [2.45, 2.75) is 104 Å². The lowest BCUT2D eigenvalue weighted by Gasteiger charge is -2.14. The number of rotatable bonds is 12. The third-order valence-electron chi connectivity index (χ3n) is 8.59. The summed E-state index contributed by atoms with van der Waals surface area (Å²) in [4.78, 5) is 0. The number of hydrogen-bond donors (Lipinski definition) is 0. The molecule has 0 bridgehead atoms. The molecule has 0 N–H and O–H groups in total. The maximum atomic E-state index is 3.69. The monoisotopic (exact) mass is 550 g/mol. The molecule has 0 heterocycles. The molecule has 0 amide bonds. The molecule has 0 saturated heterocycles. The van der Waals surface area contributed by atoms with Gasteiger partial charge in [-0.05, 0) is 80.2 Å². The van der Waals surface area contributed by atoms with Crippen molar-refractivity contribution in [1.29, 1.82) is 0 Å². The Kier molecular flexibility index (Phi) is 11.0. The summed E-state index contributed by atoms with van der Waals surface area (Å²) in [6.45, 7) is 4.55. The quantitative estimate of drug-likeness (QED) is 0.0823. The predicted molar refractivity (Wildman–Crippen MR) is 186 cm³/mol. The van der Waals surface area contributed by atoms with E-state index in [1.165, 1.54) is 120 Å². The minimum atomic E-state index is 0.954. The van der Waals surface area contributed by atoms with Gasteiger partial charge < -0.3 is 0 Å². The molecule has 0 heteroatoms. The second-order valence-corrected chi connectivity index (χ2v) is 11.9. The van der Waals surface area contributed by atoms with Crippen LogP contribution in [0.5, 0.6) is 0 Å². The summed E-state index contributed by atoms with van der Waals surface area (Å²) in [5.74, 6) is 14.6. The van der Waals surface area contributed by atoms with Crippen LogP contribution in [0.25, 0.3) is 43.1 Å². The highest BCUT2D eigenvalue weighted by atomic mass is 14.2. The van der Waals surface area contributed by atoms with Gasteiger partial charge in [-0.15, -0.1) is 0 Å². The molecule has 0 radical (unpaired) electrons. The van der Waals surface area contributed by atoms with Crippen molar-refractivity contribution in [3.63, 3.8) is 0 Å². The predicted octanol–water partition coefficient (Wildman–Crippen LogP) is 12.5. The third kappa shape index (κ3) is 7.36. The van der Waals surface area contributed by atoms with Gasteiger partial charge in [0.05, 0.1) is 0 Å². The van der Waals surface area contributed by atoms with Crippen molar-refractivity contribution in [2.75, 3.05) is 0 Å². The Labute approximate surface area is 253 Å². The number of benzene rings is 5. The maximum Gasteiger partial charge on any atom is 0.0403 e. The average Bonchev–Trinajstić information content (AvgIpc) is 3.02. The zero-order chi connectivity index (χ0) is 29.0. The molecule has 0 fully saturated rings. The van der Waals surface area contributed by atoms with E-state index in [1.54, 1.807) is 0 Å². The smallest absolute Gasteiger partial charge is 0.0403 e. The number of unbranched alkanes of at least 4 members (excludes halogenated alkanes) is 12. The van der Waals surface area contributed by atoms with Gasteiger partial charge in [0.25, 0.3) is 0 Å². The van der Waals surface area contributed by atoms with Gasteiger partial charge in [0, 0.05) is 24.0 Å². The van der Waals surface area contributed by atoms with Gasteiger partial charge in [0.1, 0.15) is 0 Å². The molecule has 0 aliphatic carbocycles. The van der Waals surface area contributed by atoms with Gasteiger partial charge in [-0.25, -0.2) is 0 Å². The Morgan fingerprint density at radius 2 is 0.714 bits per heavy atom. The van der Waals surface area contributed by atoms with Crippen LogP contribution in [0, 0.1) is 23.7 Å². The standard InChI is InChI=1S/C42H46/c1-3-5-7-9-11-13-15-17-27-37-39-29-33-23-19-21-25-35(33)31-41(39)38(28-18-16-14-12-10-8-6-4-2)42-32-36-26-22-20-24-34(36)30-40(37)42/h19-26,29-32H,3-16H2,1-2H3. The molecule has 0 unspecified atom stereocenters. The fraction of sp³-hybridized carbons (Fsp3) is 0.381. The van der Waals surface area contributed by atoms with Crippen LogP contribution in [-0.2, 0) is 0 Å². The van der Waals surface area contributed by atoms with Crippen molar-refractivity contribution in [1.82, 2.24) is 0 Å². The van der Waals surface area contributed by atoms with Crippen molar-refractivity contribution >= 4 is 43.1 Å². The molecule has 0 atom stereocenters. The lowest BCUT2D eigenvalue weighted by Crippen LogP contribution is -1.92. The van der Waals surface area contributed by atoms with Crippen molar-refractivity contribution in [3.8, 4) is 23.7 Å². The van der Waals surface area contributed by atoms with E-state index >= 15 is 0 Å². The van der Waals surface area contributed by atoms with E-state index in [0.29, 0.717) is 0 Å². The molecule has 5 rings (SSSR count). The van der Waals surface area contributed by atoms with Crippen molar-refractivity contribution in [2.24, 2.45) is 0 Å². The second-order valence-electron chi connectivity index (χ2n) is 11.9. The van der Waals surface area contributed by atoms with E-state index in [2.05, 4.69) is 110 Å². The van der Waals surface area contributed by atoms with E-state index in [-0.39, 0.29) is 0 Å². The van der Waals surface area contributed by atoms with Crippen LogP contribution in [0.2, 0.25) is 0 Å². The molecular formula is C42H46. The van der Waals surface area contributed by atoms with E-state index in [4.69, 9.17) is 0 Å². The van der Waals surface area contributed by atoms with Crippen LogP contribution in [0.3, 0.4) is 0 Å². The van der Waals surface area contributed by atoms with Crippen LogP contribution >= 0.6 is 0 Å². The summed E-state index contributed by atoms with van der Waals surface area (Å²) >= 11 is 0. The third-order valence-corrected chi connectivity index (χ3v) is 8.59. The molecular weight excluding hydrogens is 504 g/mol. The number of hydrogen-bond acceptors (Lipinski definition) is 0. The molecule has 42 heavy (non-hydrogen) atoms. The van der Waals surface area contributed by atoms with Crippen LogP contribution in [0.15, 0.2) is 72.8 Å². The molecule has 0 aliphatic heterocycles. The Morgan fingerprint density at radius 3 is 1.05 bits per heavy atom. The first-order valence-electron chi connectivity index (χ1n) is 16.6. The van der Waals surface area contributed by atoms with E-state index < -0.39 is 0 Å². The van der Waals surface area contributed by atoms with Gasteiger partial charge in [0.15, 0.2) is 0 Å². The highest BCUT2D eigenvalue weighted by Crippen LogP contribution is 2.37. The molecule has 0 spiro atoms. The summed E-state index contributed by atoms with van der Waals surface area (Å²) in [5, 5.41) is 9.97. The summed E-state index contributed by atoms with van der Waals surface area (Å²) in [5.41, 5.74) is 2.31. The number of fused-ring (bicyclic) bond motifs is 4. The first-order valence-corrected chi connectivity index (χ1v) is 16.6. The highest BCUT2D eigenvalue weighted by molar-refractivity contribution is 6.16. The lowest BCUT2D eigenvalue weighted by molar-refractivity contribution is 0.614. The van der Waals surface area contributed by atoms with E-state index in [0.717, 1.165) is 24.0 Å². The van der Waals surface area contributed by atoms with Crippen molar-refractivity contribution in [3.05, 3.63) is 83.9 Å². The molecule has 0 saturated carbocycles. The minimum Gasteiger partial charge on any atom is -0.0978 e. The van der Waals surface area contributed by atoms with Gasteiger partial charge in [-0.3, -0.25) is 0 Å². The Bertz CT molecular complexity index is 1530. The SMILES string of the molecule is CCCCCCCCC#Cc1c2cc3ccccc3cc2c(C#CCCCCCCCC)c2cc3ccccc3cc12. The average molecular weight is 551 g/mol. The first-order chi connectivity index (χ1) is 20.8. The van der Waals surface area contributed by atoms with Crippen LogP contribution in [0.4, 0.5) is 0 Å². The van der Waals surface area contributed by atoms with Gasteiger partial charge in [0.2, 0.25) is 0 Å². The Morgan fingerprint density at radius 1 is 0.405 bits per heavy atom. The molecule has 0 aliphatic rings. The van der Waals surface area contributed by atoms with Gasteiger partial charge in [-0.2, -0.15) is 0 Å². The van der Waals surface area contributed by atoms with E-state index in [9.17, 15) is 0 Å². The lowest BCUT2D eigenvalue weighted by atomic mass is 9.88. The topological polar surface area (TPSA) is 0 Å². The zero-order valence-electron chi connectivity index (χ0n) is 25.8. The molecule has 0 nitrogen and oxygen atoms in total. The van der Waals surface area contributed by atoms with Gasteiger partial charge >= 0.3 is 0 Å². The molecule has 5 aromatic carbocycles. The Hall–Kier alpha value is -3.74. The van der Waals surface area contributed by atoms with Crippen LogP contribution in [0.1, 0.15) is 115 Å². The summed E-state index contributed by atoms with van der Waals surface area (Å²) in [6.07, 6.45) is 17.5. The normalized spacial score (nSPS) is 11.1. The molecule has 0 aromatic heterocycles. The maximum absolute atomic E-state index is 3.69. The van der Waals surface area contributed by atoms with Crippen LogP contribution in [-0.4, -0.2) is 0 Å². The fourth-order valence-electron chi connectivity index (χ4n) is 6.16. The largest absolute Gasteiger partial charge is 0.0978 e. The van der Waals surface area contributed by atoms with Gasteiger partial charge in [-0.1, -0.05) is 150 Å². The molecule has 5 aromatic rings. The zero-order valence-corrected chi connectivity index (χ0v) is 25.8. The van der Waals surface area contributed by atoms with E-state index in [1.807, 2.05) is 0 Å². The van der Waals surface area contributed by atoms with Crippen LogP contribution < -0.4 is 0 Å². The highest BCUT2D eigenvalue weighted by Gasteiger charge is 2.14. The second kappa shape index (κ2) is 15.5. The fourth-order valence-corrected chi connectivity index (χ4v) is 6.16. The summed E-state index contributed by atoms with van der Waals surface area (Å²) in [7, 11) is 0. The first kappa shape index (κ1) is 29.7. The summed E-state index contributed by atoms with van der Waals surface area (Å²) < 4.78 is 0. The van der Waals surface area contributed by atoms with Crippen molar-refractivity contribution < 1.29 is 0 Å². The Balaban J connectivity index is 1.59. The minimum absolute atomic E-state index is 0.954.